The van der Waals surface area contributed by atoms with Gasteiger partial charge in [0.1, 0.15) is 0 Å². The van der Waals surface area contributed by atoms with Crippen molar-refractivity contribution in [3.8, 4) is 0 Å². The smallest absolute Gasteiger partial charge is 0.221 e. The van der Waals surface area contributed by atoms with Crippen LogP contribution in [0.3, 0.4) is 0 Å². The fourth-order valence-electron chi connectivity index (χ4n) is 1.42. The highest BCUT2D eigenvalue weighted by molar-refractivity contribution is 5.88. The highest BCUT2D eigenvalue weighted by Crippen LogP contribution is 2.14. The molecule has 81 valence electrons. The van der Waals surface area contributed by atoms with Crippen molar-refractivity contribution < 1.29 is 4.79 Å². The predicted octanol–water partition coefficient (Wildman–Crippen LogP) is 3.39. The summed E-state index contributed by atoms with van der Waals surface area (Å²) in [5.74, 6) is -0.0271. The second-order valence-corrected chi connectivity index (χ2v) is 3.65. The molecular formula is C13H18NO. The fourth-order valence-corrected chi connectivity index (χ4v) is 1.42. The molecule has 1 N–H and O–H groups in total. The molecule has 2 nitrogen and oxygen atoms in total. The van der Waals surface area contributed by atoms with Crippen LogP contribution < -0.4 is 5.32 Å². The van der Waals surface area contributed by atoms with Gasteiger partial charge in [-0.25, -0.2) is 0 Å². The zero-order chi connectivity index (χ0) is 11.1. The molecule has 0 unspecified atom stereocenters. The van der Waals surface area contributed by atoms with Gasteiger partial charge in [0.25, 0.3) is 0 Å². The molecular weight excluding hydrogens is 186 g/mol. The molecule has 15 heavy (non-hydrogen) atoms. The first kappa shape index (κ1) is 11.8. The van der Waals surface area contributed by atoms with Crippen LogP contribution in [-0.2, 0) is 4.79 Å². The van der Waals surface area contributed by atoms with Gasteiger partial charge >= 0.3 is 0 Å². The topological polar surface area (TPSA) is 29.1 Å². The average Bonchev–Trinajstić information content (AvgIpc) is 2.18. The molecule has 1 radical (unpaired) electrons. The molecule has 0 fully saturated rings. The van der Waals surface area contributed by atoms with E-state index in [1.165, 1.54) is 25.3 Å². The van der Waals surface area contributed by atoms with E-state index in [4.69, 9.17) is 0 Å². The normalized spacial score (nSPS) is 10.0. The van der Waals surface area contributed by atoms with Crippen LogP contribution in [0.25, 0.3) is 0 Å². The molecule has 0 saturated heterocycles. The van der Waals surface area contributed by atoms with Crippen LogP contribution in [0.15, 0.2) is 24.3 Å². The van der Waals surface area contributed by atoms with E-state index in [1.807, 2.05) is 18.2 Å². The zero-order valence-corrected chi connectivity index (χ0v) is 9.42. The van der Waals surface area contributed by atoms with Gasteiger partial charge in [-0.2, -0.15) is 0 Å². The van der Waals surface area contributed by atoms with E-state index in [1.54, 1.807) is 0 Å². The minimum absolute atomic E-state index is 0.0271. The average molecular weight is 204 g/mol. The second-order valence-electron chi connectivity index (χ2n) is 3.65. The molecule has 0 heterocycles. The Kier molecular flexibility index (Phi) is 4.88. The summed E-state index contributed by atoms with van der Waals surface area (Å²) in [6.45, 7) is 3.70. The van der Waals surface area contributed by atoms with Crippen molar-refractivity contribution in [2.24, 2.45) is 0 Å². The molecule has 0 spiro atoms. The van der Waals surface area contributed by atoms with Gasteiger partial charge in [0.2, 0.25) is 5.91 Å². The molecule has 0 aromatic heterocycles. The third-order valence-electron chi connectivity index (χ3n) is 2.14. The molecule has 1 aromatic rings. The lowest BCUT2D eigenvalue weighted by Gasteiger charge is -2.05. The van der Waals surface area contributed by atoms with E-state index in [2.05, 4.69) is 24.7 Å². The molecule has 1 amide bonds. The maximum atomic E-state index is 10.9. The number of hydrogen-bond acceptors (Lipinski definition) is 1. The van der Waals surface area contributed by atoms with Crippen LogP contribution in [0.5, 0.6) is 0 Å². The van der Waals surface area contributed by atoms with Crippen LogP contribution in [0, 0.1) is 6.42 Å². The standard InChI is InChI=1S/C13H18NO/c1-3-4-5-7-12-8-6-9-13(10-12)14-11(2)15/h6-10H,3-5H2,1-2H3,(H,14,15). The summed E-state index contributed by atoms with van der Waals surface area (Å²) in [6, 6.07) is 7.92. The molecule has 0 aliphatic carbocycles. The van der Waals surface area contributed by atoms with Crippen molar-refractivity contribution in [3.63, 3.8) is 0 Å². The minimum atomic E-state index is -0.0271. The lowest BCUT2D eigenvalue weighted by atomic mass is 10.1. The van der Waals surface area contributed by atoms with Crippen molar-refractivity contribution in [3.05, 3.63) is 36.2 Å². The first-order valence-corrected chi connectivity index (χ1v) is 5.43. The number of hydrogen-bond donors (Lipinski definition) is 1. The molecule has 0 bridgehead atoms. The van der Waals surface area contributed by atoms with Crippen LogP contribution in [0.2, 0.25) is 0 Å². The highest BCUT2D eigenvalue weighted by atomic mass is 16.1. The maximum absolute atomic E-state index is 10.9. The van der Waals surface area contributed by atoms with Crippen molar-refractivity contribution in [2.75, 3.05) is 5.32 Å². The Morgan fingerprint density at radius 3 is 2.93 bits per heavy atom. The quantitative estimate of drug-likeness (QED) is 0.732. The van der Waals surface area contributed by atoms with Crippen molar-refractivity contribution in [1.29, 1.82) is 0 Å². The molecule has 0 saturated carbocycles. The van der Waals surface area contributed by atoms with E-state index in [0.717, 1.165) is 12.1 Å². The summed E-state index contributed by atoms with van der Waals surface area (Å²) >= 11 is 0. The Morgan fingerprint density at radius 2 is 2.27 bits per heavy atom. The van der Waals surface area contributed by atoms with Gasteiger partial charge < -0.3 is 5.32 Å². The summed E-state index contributed by atoms with van der Waals surface area (Å²) in [4.78, 5) is 10.9. The Morgan fingerprint density at radius 1 is 1.47 bits per heavy atom. The van der Waals surface area contributed by atoms with E-state index in [0.29, 0.717) is 0 Å². The van der Waals surface area contributed by atoms with Crippen LogP contribution in [0.1, 0.15) is 38.7 Å². The first-order valence-electron chi connectivity index (χ1n) is 5.43. The molecule has 0 aliphatic rings. The number of nitrogens with one attached hydrogen (secondary N) is 1. The largest absolute Gasteiger partial charge is 0.326 e. The third-order valence-corrected chi connectivity index (χ3v) is 2.14. The Labute approximate surface area is 91.7 Å². The van der Waals surface area contributed by atoms with Gasteiger partial charge in [0.05, 0.1) is 0 Å². The van der Waals surface area contributed by atoms with Crippen molar-refractivity contribution in [1.82, 2.24) is 0 Å². The predicted molar refractivity (Wildman–Crippen MR) is 63.7 cm³/mol. The van der Waals surface area contributed by atoms with E-state index in [-0.39, 0.29) is 5.91 Å². The van der Waals surface area contributed by atoms with E-state index in [9.17, 15) is 4.79 Å². The monoisotopic (exact) mass is 204 g/mol. The summed E-state index contributed by atoms with van der Waals surface area (Å²) in [5, 5.41) is 2.78. The molecule has 1 rings (SSSR count). The number of carbonyl (C=O) groups is 1. The lowest BCUT2D eigenvalue weighted by Crippen LogP contribution is -2.05. The maximum Gasteiger partial charge on any atom is 0.221 e. The Hall–Kier alpha value is -1.31. The second kappa shape index (κ2) is 6.23. The van der Waals surface area contributed by atoms with Crippen molar-refractivity contribution in [2.45, 2.75) is 33.1 Å². The number of benzene rings is 1. The molecule has 1 aromatic carbocycles. The number of unbranched alkanes of at least 4 members (excludes halogenated alkanes) is 2. The van der Waals surface area contributed by atoms with Gasteiger partial charge in [-0.3, -0.25) is 4.79 Å². The van der Waals surface area contributed by atoms with Crippen LogP contribution in [-0.4, -0.2) is 5.91 Å². The summed E-state index contributed by atoms with van der Waals surface area (Å²) < 4.78 is 0. The zero-order valence-electron chi connectivity index (χ0n) is 9.42. The fraction of sp³-hybridized carbons (Fsp3) is 0.385. The van der Waals surface area contributed by atoms with E-state index < -0.39 is 0 Å². The van der Waals surface area contributed by atoms with Crippen LogP contribution in [0.4, 0.5) is 5.69 Å². The first-order chi connectivity index (χ1) is 7.22. The Bertz CT molecular complexity index is 320. The van der Waals surface area contributed by atoms with Crippen LogP contribution >= 0.6 is 0 Å². The van der Waals surface area contributed by atoms with Gasteiger partial charge in [0, 0.05) is 12.6 Å². The van der Waals surface area contributed by atoms with Gasteiger partial charge in [0.15, 0.2) is 0 Å². The summed E-state index contributed by atoms with van der Waals surface area (Å²) in [5.41, 5.74) is 2.04. The SMILES string of the molecule is CCCC[CH]c1cccc(NC(C)=O)c1. The number of carbonyl (C=O) groups excluding carboxylic acids is 1. The minimum Gasteiger partial charge on any atom is -0.326 e. The highest BCUT2D eigenvalue weighted by Gasteiger charge is 1.97. The number of anilines is 1. The van der Waals surface area contributed by atoms with Gasteiger partial charge in [-0.05, 0) is 30.5 Å². The number of amides is 1. The third kappa shape index (κ3) is 4.63. The molecule has 2 heteroatoms. The summed E-state index contributed by atoms with van der Waals surface area (Å²) in [6.07, 6.45) is 5.72. The lowest BCUT2D eigenvalue weighted by molar-refractivity contribution is -0.114. The molecule has 0 aliphatic heterocycles. The van der Waals surface area contributed by atoms with E-state index >= 15 is 0 Å². The Balaban J connectivity index is 2.53. The van der Waals surface area contributed by atoms with Gasteiger partial charge in [-0.1, -0.05) is 31.9 Å². The van der Waals surface area contributed by atoms with Gasteiger partial charge in [-0.15, -0.1) is 0 Å². The molecule has 0 atom stereocenters. The van der Waals surface area contributed by atoms with Crippen molar-refractivity contribution >= 4 is 11.6 Å². The summed E-state index contributed by atoms with van der Waals surface area (Å²) in [7, 11) is 0. The number of rotatable bonds is 5.